The van der Waals surface area contributed by atoms with E-state index in [2.05, 4.69) is 16.1 Å². The minimum atomic E-state index is -0.414. The standard InChI is InChI=1S/C16H22BN3O2/c1-12-6-7-13(10-18-12)11-20-9-8-14(19-20)17-21-15(2,3)16(4,5)22-17/h6-10H,11H2,1-5H3. The van der Waals surface area contributed by atoms with Gasteiger partial charge < -0.3 is 9.31 Å². The molecule has 116 valence electrons. The quantitative estimate of drug-likeness (QED) is 0.813. The lowest BCUT2D eigenvalue weighted by atomic mass is 9.85. The van der Waals surface area contributed by atoms with Gasteiger partial charge >= 0.3 is 7.12 Å². The number of aromatic nitrogens is 3. The summed E-state index contributed by atoms with van der Waals surface area (Å²) in [6.45, 7) is 10.8. The molecule has 0 spiro atoms. The molecule has 0 N–H and O–H groups in total. The smallest absolute Gasteiger partial charge is 0.398 e. The summed E-state index contributed by atoms with van der Waals surface area (Å²) in [6, 6.07) is 6.02. The van der Waals surface area contributed by atoms with Gasteiger partial charge in [-0.1, -0.05) is 6.07 Å². The fourth-order valence-electron chi connectivity index (χ4n) is 2.33. The number of pyridine rings is 1. The van der Waals surface area contributed by atoms with Gasteiger partial charge in [0.1, 0.15) is 0 Å². The Labute approximate surface area is 131 Å². The van der Waals surface area contributed by atoms with E-state index in [-0.39, 0.29) is 11.2 Å². The molecule has 3 heterocycles. The second-order valence-electron chi connectivity index (χ2n) is 6.83. The van der Waals surface area contributed by atoms with Gasteiger partial charge in [-0.3, -0.25) is 9.67 Å². The third kappa shape index (κ3) is 2.81. The summed E-state index contributed by atoms with van der Waals surface area (Å²) in [5.74, 6) is 0. The molecule has 1 aliphatic heterocycles. The van der Waals surface area contributed by atoms with Crippen molar-refractivity contribution in [3.63, 3.8) is 0 Å². The van der Waals surface area contributed by atoms with Crippen molar-refractivity contribution in [2.24, 2.45) is 0 Å². The third-order valence-electron chi connectivity index (χ3n) is 4.47. The number of nitrogens with zero attached hydrogens (tertiary/aromatic N) is 3. The van der Waals surface area contributed by atoms with Crippen LogP contribution in [0.2, 0.25) is 0 Å². The topological polar surface area (TPSA) is 49.2 Å². The van der Waals surface area contributed by atoms with Gasteiger partial charge in [0, 0.05) is 18.1 Å². The Morgan fingerprint density at radius 1 is 1.09 bits per heavy atom. The predicted molar refractivity (Wildman–Crippen MR) is 86.0 cm³/mol. The number of hydrogen-bond acceptors (Lipinski definition) is 4. The van der Waals surface area contributed by atoms with Gasteiger partial charge in [0.15, 0.2) is 0 Å². The summed E-state index contributed by atoms with van der Waals surface area (Å²) in [7, 11) is -0.414. The monoisotopic (exact) mass is 299 g/mol. The highest BCUT2D eigenvalue weighted by molar-refractivity contribution is 6.61. The molecule has 22 heavy (non-hydrogen) atoms. The van der Waals surface area contributed by atoms with Crippen LogP contribution < -0.4 is 5.59 Å². The van der Waals surface area contributed by atoms with Gasteiger partial charge in [0.25, 0.3) is 0 Å². The summed E-state index contributed by atoms with van der Waals surface area (Å²) in [5.41, 5.74) is 2.25. The third-order valence-corrected chi connectivity index (χ3v) is 4.47. The van der Waals surface area contributed by atoms with Crippen LogP contribution in [0, 0.1) is 6.92 Å². The maximum absolute atomic E-state index is 6.02. The highest BCUT2D eigenvalue weighted by Crippen LogP contribution is 2.36. The van der Waals surface area contributed by atoms with Crippen molar-refractivity contribution >= 4 is 12.7 Å². The molecule has 0 aromatic carbocycles. The molecule has 5 nitrogen and oxygen atoms in total. The molecule has 6 heteroatoms. The Hall–Kier alpha value is -1.66. The lowest BCUT2D eigenvalue weighted by molar-refractivity contribution is 0.00578. The SMILES string of the molecule is Cc1ccc(Cn2ccc(B3OC(C)(C)C(C)(C)O3)n2)cn1. The second kappa shape index (κ2) is 5.21. The molecule has 0 saturated carbocycles. The van der Waals surface area contributed by atoms with Crippen LogP contribution in [-0.2, 0) is 15.9 Å². The van der Waals surface area contributed by atoms with Crippen LogP contribution in [0.4, 0.5) is 0 Å². The Morgan fingerprint density at radius 2 is 1.77 bits per heavy atom. The Morgan fingerprint density at radius 3 is 2.36 bits per heavy atom. The average molecular weight is 299 g/mol. The van der Waals surface area contributed by atoms with E-state index in [0.29, 0.717) is 6.54 Å². The van der Waals surface area contributed by atoms with Crippen molar-refractivity contribution in [1.82, 2.24) is 14.8 Å². The van der Waals surface area contributed by atoms with Gasteiger partial charge in [-0.05, 0) is 52.3 Å². The van der Waals surface area contributed by atoms with Crippen molar-refractivity contribution in [2.45, 2.75) is 52.4 Å². The van der Waals surface area contributed by atoms with Crippen LogP contribution >= 0.6 is 0 Å². The van der Waals surface area contributed by atoms with Crippen molar-refractivity contribution < 1.29 is 9.31 Å². The maximum atomic E-state index is 6.02. The molecule has 0 aliphatic carbocycles. The van der Waals surface area contributed by atoms with Crippen LogP contribution in [0.5, 0.6) is 0 Å². The first-order chi connectivity index (χ1) is 10.3. The molecular formula is C16H22BN3O2. The molecule has 1 fully saturated rings. The minimum Gasteiger partial charge on any atom is -0.398 e. The molecular weight excluding hydrogens is 277 g/mol. The molecule has 2 aromatic heterocycles. The molecule has 0 atom stereocenters. The van der Waals surface area contributed by atoms with E-state index in [0.717, 1.165) is 16.9 Å². The molecule has 0 amide bonds. The van der Waals surface area contributed by atoms with Crippen LogP contribution in [-0.4, -0.2) is 33.1 Å². The fraction of sp³-hybridized carbons (Fsp3) is 0.500. The van der Waals surface area contributed by atoms with E-state index in [1.54, 1.807) is 0 Å². The van der Waals surface area contributed by atoms with Crippen LogP contribution in [0.15, 0.2) is 30.6 Å². The van der Waals surface area contributed by atoms with E-state index in [9.17, 15) is 0 Å². The van der Waals surface area contributed by atoms with Gasteiger partial charge in [-0.15, -0.1) is 0 Å². The van der Waals surface area contributed by atoms with Crippen molar-refractivity contribution in [1.29, 1.82) is 0 Å². The molecule has 0 radical (unpaired) electrons. The zero-order valence-electron chi connectivity index (χ0n) is 13.8. The lowest BCUT2D eigenvalue weighted by Crippen LogP contribution is -2.41. The summed E-state index contributed by atoms with van der Waals surface area (Å²) >= 11 is 0. The zero-order chi connectivity index (χ0) is 16.0. The number of hydrogen-bond donors (Lipinski definition) is 0. The molecule has 0 unspecified atom stereocenters. The highest BCUT2D eigenvalue weighted by atomic mass is 16.7. The lowest BCUT2D eigenvalue weighted by Gasteiger charge is -2.32. The zero-order valence-corrected chi connectivity index (χ0v) is 13.8. The predicted octanol–water partition coefficient (Wildman–Crippen LogP) is 1.93. The van der Waals surface area contributed by atoms with E-state index < -0.39 is 7.12 Å². The van der Waals surface area contributed by atoms with Crippen molar-refractivity contribution in [2.75, 3.05) is 0 Å². The van der Waals surface area contributed by atoms with E-state index in [1.165, 1.54) is 0 Å². The van der Waals surface area contributed by atoms with Crippen LogP contribution in [0.3, 0.4) is 0 Å². The molecule has 1 saturated heterocycles. The van der Waals surface area contributed by atoms with E-state index in [4.69, 9.17) is 9.31 Å². The Balaban J connectivity index is 1.73. The Bertz CT molecular complexity index is 648. The fourth-order valence-corrected chi connectivity index (χ4v) is 2.33. The van der Waals surface area contributed by atoms with Gasteiger partial charge in [-0.2, -0.15) is 5.10 Å². The second-order valence-corrected chi connectivity index (χ2v) is 6.83. The van der Waals surface area contributed by atoms with Crippen molar-refractivity contribution in [3.8, 4) is 0 Å². The summed E-state index contributed by atoms with van der Waals surface area (Å²) in [4.78, 5) is 4.31. The first-order valence-corrected chi connectivity index (χ1v) is 7.57. The summed E-state index contributed by atoms with van der Waals surface area (Å²) < 4.78 is 13.9. The van der Waals surface area contributed by atoms with Crippen LogP contribution in [0.1, 0.15) is 39.0 Å². The summed E-state index contributed by atoms with van der Waals surface area (Å²) in [6.07, 6.45) is 3.83. The Kier molecular flexibility index (Phi) is 3.61. The first-order valence-electron chi connectivity index (χ1n) is 7.57. The van der Waals surface area contributed by atoms with E-state index in [1.807, 2.05) is 63.8 Å². The number of rotatable bonds is 3. The largest absolute Gasteiger partial charge is 0.516 e. The van der Waals surface area contributed by atoms with E-state index >= 15 is 0 Å². The highest BCUT2D eigenvalue weighted by Gasteiger charge is 2.52. The van der Waals surface area contributed by atoms with Crippen LogP contribution in [0.25, 0.3) is 0 Å². The molecule has 3 rings (SSSR count). The first kappa shape index (κ1) is 15.2. The van der Waals surface area contributed by atoms with Gasteiger partial charge in [-0.25, -0.2) is 0 Å². The molecule has 1 aliphatic rings. The van der Waals surface area contributed by atoms with Gasteiger partial charge in [0.05, 0.1) is 23.3 Å². The average Bonchev–Trinajstić information content (AvgIpc) is 2.96. The van der Waals surface area contributed by atoms with Gasteiger partial charge in [0.2, 0.25) is 0 Å². The summed E-state index contributed by atoms with van der Waals surface area (Å²) in [5, 5.41) is 4.58. The minimum absolute atomic E-state index is 0.345. The molecule has 2 aromatic rings. The normalized spacial score (nSPS) is 19.6. The molecule has 0 bridgehead atoms. The maximum Gasteiger partial charge on any atom is 0.516 e. The van der Waals surface area contributed by atoms with Crippen molar-refractivity contribution in [3.05, 3.63) is 41.9 Å². The number of aryl methyl sites for hydroxylation is 1.